The van der Waals surface area contributed by atoms with Crippen LogP contribution < -0.4 is 19.5 Å². The van der Waals surface area contributed by atoms with Crippen LogP contribution in [0.1, 0.15) is 24.2 Å². The molecule has 7 nitrogen and oxygen atoms in total. The standard InChI is InChI=1S/C31H35N3O4/c1-3-11-24-17-18-28(29(22-24)36-2)37-21-10-20-34-27-15-8-7-14-26(27)33-30(34)16-9-19-32-31(35)23-38-25-12-5-4-6-13-25/h3-8,12-15,17-18,22H,1,9-11,16,19-21,23H2,2H3,(H,32,35). The first-order valence-electron chi connectivity index (χ1n) is 13.0. The van der Waals surface area contributed by atoms with Crippen molar-refractivity contribution in [1.29, 1.82) is 0 Å². The lowest BCUT2D eigenvalue weighted by molar-refractivity contribution is -0.123. The number of carbonyl (C=O) groups excluding carboxylic acids is 1. The molecule has 0 aliphatic heterocycles. The number of nitrogens with zero attached hydrogens (tertiary/aromatic N) is 2. The topological polar surface area (TPSA) is 74.6 Å². The molecule has 0 saturated heterocycles. The fourth-order valence-corrected chi connectivity index (χ4v) is 4.29. The van der Waals surface area contributed by atoms with Crippen molar-refractivity contribution in [3.8, 4) is 17.2 Å². The first-order valence-corrected chi connectivity index (χ1v) is 13.0. The Kier molecular flexibility index (Phi) is 9.79. The van der Waals surface area contributed by atoms with E-state index in [9.17, 15) is 4.79 Å². The minimum absolute atomic E-state index is 0.00426. The number of hydrogen-bond donors (Lipinski definition) is 1. The highest BCUT2D eigenvalue weighted by molar-refractivity contribution is 5.77. The fourth-order valence-electron chi connectivity index (χ4n) is 4.29. The summed E-state index contributed by atoms with van der Waals surface area (Å²) in [7, 11) is 1.66. The fraction of sp³-hybridized carbons (Fsp3) is 0.290. The number of aromatic nitrogens is 2. The number of rotatable bonds is 15. The van der Waals surface area contributed by atoms with E-state index in [4.69, 9.17) is 19.2 Å². The number of fused-ring (bicyclic) bond motifs is 1. The molecular weight excluding hydrogens is 478 g/mol. The van der Waals surface area contributed by atoms with Crippen LogP contribution in [0.2, 0.25) is 0 Å². The number of hydrogen-bond acceptors (Lipinski definition) is 5. The van der Waals surface area contributed by atoms with Gasteiger partial charge in [0.05, 0.1) is 24.8 Å². The van der Waals surface area contributed by atoms with Crippen LogP contribution in [0.25, 0.3) is 11.0 Å². The maximum Gasteiger partial charge on any atom is 0.257 e. The Hall–Kier alpha value is -4.26. The SMILES string of the molecule is C=CCc1ccc(OCCCn2c(CCCNC(=O)COc3ccccc3)nc3ccccc32)c(OC)c1. The molecule has 0 fully saturated rings. The van der Waals surface area contributed by atoms with Crippen molar-refractivity contribution in [2.24, 2.45) is 0 Å². The normalized spacial score (nSPS) is 10.8. The molecule has 1 aromatic heterocycles. The number of allylic oxidation sites excluding steroid dienone is 1. The van der Waals surface area contributed by atoms with Gasteiger partial charge in [0, 0.05) is 19.5 Å². The van der Waals surface area contributed by atoms with Gasteiger partial charge < -0.3 is 24.1 Å². The Morgan fingerprint density at radius 1 is 1.00 bits per heavy atom. The molecule has 7 heteroatoms. The summed E-state index contributed by atoms with van der Waals surface area (Å²) in [6.45, 7) is 5.70. The van der Waals surface area contributed by atoms with Crippen molar-refractivity contribution < 1.29 is 19.0 Å². The van der Waals surface area contributed by atoms with Gasteiger partial charge >= 0.3 is 0 Å². The second kappa shape index (κ2) is 13.9. The maximum atomic E-state index is 12.1. The lowest BCUT2D eigenvalue weighted by Gasteiger charge is -2.13. The average Bonchev–Trinajstić information content (AvgIpc) is 3.30. The molecule has 0 aliphatic carbocycles. The molecule has 38 heavy (non-hydrogen) atoms. The number of carbonyl (C=O) groups is 1. The number of methoxy groups -OCH3 is 1. The van der Waals surface area contributed by atoms with Crippen molar-refractivity contribution >= 4 is 16.9 Å². The maximum absolute atomic E-state index is 12.1. The molecular formula is C31H35N3O4. The average molecular weight is 514 g/mol. The third-order valence-electron chi connectivity index (χ3n) is 6.14. The van der Waals surface area contributed by atoms with Crippen LogP contribution in [0, 0.1) is 0 Å². The van der Waals surface area contributed by atoms with E-state index in [1.165, 1.54) is 0 Å². The highest BCUT2D eigenvalue weighted by Crippen LogP contribution is 2.28. The minimum Gasteiger partial charge on any atom is -0.493 e. The third kappa shape index (κ3) is 7.38. The molecule has 0 aliphatic rings. The first kappa shape index (κ1) is 26.8. The van der Waals surface area contributed by atoms with E-state index in [2.05, 4.69) is 22.5 Å². The predicted octanol–water partition coefficient (Wildman–Crippen LogP) is 5.37. The van der Waals surface area contributed by atoms with E-state index in [0.717, 1.165) is 66.1 Å². The summed E-state index contributed by atoms with van der Waals surface area (Å²) in [6, 6.07) is 23.5. The van der Waals surface area contributed by atoms with Crippen molar-refractivity contribution in [3.05, 3.63) is 96.8 Å². The predicted molar refractivity (Wildman–Crippen MR) is 150 cm³/mol. The van der Waals surface area contributed by atoms with Crippen LogP contribution in [0.15, 0.2) is 85.5 Å². The number of para-hydroxylation sites is 3. The lowest BCUT2D eigenvalue weighted by atomic mass is 10.1. The largest absolute Gasteiger partial charge is 0.493 e. The summed E-state index contributed by atoms with van der Waals surface area (Å²) in [6.07, 6.45) is 5.02. The Morgan fingerprint density at radius 3 is 2.63 bits per heavy atom. The van der Waals surface area contributed by atoms with Crippen LogP contribution in [0.5, 0.6) is 17.2 Å². The molecule has 4 rings (SSSR count). The molecule has 0 spiro atoms. The summed E-state index contributed by atoms with van der Waals surface area (Å²) < 4.78 is 19.3. The number of nitrogens with one attached hydrogen (secondary N) is 1. The Bertz CT molecular complexity index is 1330. The minimum atomic E-state index is -0.132. The molecule has 3 aromatic carbocycles. The summed E-state index contributed by atoms with van der Waals surface area (Å²) >= 11 is 0. The van der Waals surface area contributed by atoms with Gasteiger partial charge in [0.15, 0.2) is 18.1 Å². The molecule has 4 aromatic rings. The number of benzene rings is 3. The van der Waals surface area contributed by atoms with E-state index in [-0.39, 0.29) is 12.5 Å². The molecule has 0 bridgehead atoms. The van der Waals surface area contributed by atoms with Gasteiger partial charge in [-0.15, -0.1) is 6.58 Å². The Balaban J connectivity index is 1.28. The van der Waals surface area contributed by atoms with Gasteiger partial charge in [0.2, 0.25) is 0 Å². The van der Waals surface area contributed by atoms with Crippen molar-refractivity contribution in [2.45, 2.75) is 32.2 Å². The zero-order valence-corrected chi connectivity index (χ0v) is 21.9. The molecule has 1 N–H and O–H groups in total. The number of imidazole rings is 1. The van der Waals surface area contributed by atoms with Gasteiger partial charge in [-0.25, -0.2) is 4.98 Å². The van der Waals surface area contributed by atoms with Gasteiger partial charge in [-0.1, -0.05) is 42.5 Å². The van der Waals surface area contributed by atoms with Crippen LogP contribution in [-0.2, 0) is 24.2 Å². The summed E-state index contributed by atoms with van der Waals surface area (Å²) in [5.41, 5.74) is 3.22. The van der Waals surface area contributed by atoms with Gasteiger partial charge in [-0.3, -0.25) is 4.79 Å². The molecule has 1 amide bonds. The quantitative estimate of drug-likeness (QED) is 0.171. The van der Waals surface area contributed by atoms with Gasteiger partial charge in [-0.2, -0.15) is 0 Å². The van der Waals surface area contributed by atoms with Crippen molar-refractivity contribution in [3.63, 3.8) is 0 Å². The number of amides is 1. The second-order valence-electron chi connectivity index (χ2n) is 8.90. The highest BCUT2D eigenvalue weighted by Gasteiger charge is 2.11. The van der Waals surface area contributed by atoms with E-state index in [1.807, 2.05) is 72.8 Å². The van der Waals surface area contributed by atoms with Crippen molar-refractivity contribution in [1.82, 2.24) is 14.9 Å². The third-order valence-corrected chi connectivity index (χ3v) is 6.14. The smallest absolute Gasteiger partial charge is 0.257 e. The van der Waals surface area contributed by atoms with E-state index in [1.54, 1.807) is 7.11 Å². The highest BCUT2D eigenvalue weighted by atomic mass is 16.5. The molecule has 0 unspecified atom stereocenters. The zero-order valence-electron chi connectivity index (χ0n) is 21.9. The Morgan fingerprint density at radius 2 is 1.82 bits per heavy atom. The van der Waals surface area contributed by atoms with Crippen LogP contribution >= 0.6 is 0 Å². The van der Waals surface area contributed by atoms with E-state index >= 15 is 0 Å². The second-order valence-corrected chi connectivity index (χ2v) is 8.90. The molecule has 0 saturated carbocycles. The number of aryl methyl sites for hydroxylation is 2. The summed E-state index contributed by atoms with van der Waals surface area (Å²) in [5, 5.41) is 2.93. The first-order chi connectivity index (χ1) is 18.7. The summed E-state index contributed by atoms with van der Waals surface area (Å²) in [5.74, 6) is 3.03. The van der Waals surface area contributed by atoms with Crippen molar-refractivity contribution in [2.75, 3.05) is 26.9 Å². The Labute approximate surface area is 224 Å². The molecule has 0 radical (unpaired) electrons. The molecule has 0 atom stereocenters. The van der Waals surface area contributed by atoms with Gasteiger partial charge in [0.1, 0.15) is 11.6 Å². The monoisotopic (exact) mass is 513 g/mol. The molecule has 1 heterocycles. The van der Waals surface area contributed by atoms with Gasteiger partial charge in [0.25, 0.3) is 5.91 Å². The summed E-state index contributed by atoms with van der Waals surface area (Å²) in [4.78, 5) is 17.0. The number of ether oxygens (including phenoxy) is 3. The van der Waals surface area contributed by atoms with Crippen LogP contribution in [0.4, 0.5) is 0 Å². The van der Waals surface area contributed by atoms with Crippen LogP contribution in [-0.4, -0.2) is 42.3 Å². The van der Waals surface area contributed by atoms with Crippen LogP contribution in [0.3, 0.4) is 0 Å². The lowest BCUT2D eigenvalue weighted by Crippen LogP contribution is -2.30. The van der Waals surface area contributed by atoms with Gasteiger partial charge in [-0.05, 0) is 61.2 Å². The van der Waals surface area contributed by atoms with E-state index < -0.39 is 0 Å². The van der Waals surface area contributed by atoms with E-state index in [0.29, 0.717) is 18.9 Å². The zero-order chi connectivity index (χ0) is 26.6. The molecule has 198 valence electrons.